The summed E-state index contributed by atoms with van der Waals surface area (Å²) in [7, 11) is 2.15. The van der Waals surface area contributed by atoms with Gasteiger partial charge >= 0.3 is 0 Å². The molecule has 3 heterocycles. The van der Waals surface area contributed by atoms with Crippen LogP contribution in [0.2, 0.25) is 0 Å². The van der Waals surface area contributed by atoms with Gasteiger partial charge in [0.15, 0.2) is 5.82 Å². The Balaban J connectivity index is 1.49. The molecular weight excluding hydrogens is 258 g/mol. The third-order valence-electron chi connectivity index (χ3n) is 4.04. The molecule has 7 nitrogen and oxygen atoms in total. The van der Waals surface area contributed by atoms with Crippen LogP contribution >= 0.6 is 0 Å². The molecule has 110 valence electrons. The van der Waals surface area contributed by atoms with Gasteiger partial charge in [-0.15, -0.1) is 0 Å². The molecule has 0 radical (unpaired) electrons. The molecule has 1 aromatic rings. The van der Waals surface area contributed by atoms with Crippen LogP contribution in [0.3, 0.4) is 0 Å². The zero-order chi connectivity index (χ0) is 13.9. The molecule has 2 aliphatic rings. The number of amides is 1. The van der Waals surface area contributed by atoms with Gasteiger partial charge in [0.05, 0.1) is 6.54 Å². The molecule has 0 bridgehead atoms. The standard InChI is InChI=1S/C13H21N5O2/c1-18-6-4-9(5-7-18)14-8-11-16-13(20-17-11)10-2-3-12(19)15-10/h9-10,14H,2-8H2,1H3,(H,15,19)/t10-/m0/s1. The molecule has 0 saturated carbocycles. The molecule has 1 amide bonds. The number of carbonyl (C=O) groups is 1. The van der Waals surface area contributed by atoms with E-state index in [1.165, 1.54) is 0 Å². The first-order valence-corrected chi connectivity index (χ1v) is 7.24. The summed E-state index contributed by atoms with van der Waals surface area (Å²) in [6.07, 6.45) is 3.58. The van der Waals surface area contributed by atoms with Crippen molar-refractivity contribution in [3.8, 4) is 0 Å². The van der Waals surface area contributed by atoms with Crippen molar-refractivity contribution in [1.29, 1.82) is 0 Å². The highest BCUT2D eigenvalue weighted by Crippen LogP contribution is 2.21. The summed E-state index contributed by atoms with van der Waals surface area (Å²) in [6, 6.07) is 0.423. The maximum atomic E-state index is 11.2. The van der Waals surface area contributed by atoms with Gasteiger partial charge in [-0.2, -0.15) is 4.98 Å². The Bertz CT molecular complexity index is 467. The van der Waals surface area contributed by atoms with Gasteiger partial charge in [0.2, 0.25) is 11.8 Å². The summed E-state index contributed by atoms with van der Waals surface area (Å²) in [5, 5.41) is 10.3. The van der Waals surface area contributed by atoms with Crippen LogP contribution in [0.5, 0.6) is 0 Å². The van der Waals surface area contributed by atoms with Crippen LogP contribution in [0, 0.1) is 0 Å². The van der Waals surface area contributed by atoms with Crippen LogP contribution in [0.4, 0.5) is 0 Å². The lowest BCUT2D eigenvalue weighted by molar-refractivity contribution is -0.119. The number of carbonyl (C=O) groups excluding carboxylic acids is 1. The van der Waals surface area contributed by atoms with Gasteiger partial charge in [-0.3, -0.25) is 4.79 Å². The van der Waals surface area contributed by atoms with Crippen molar-refractivity contribution in [2.24, 2.45) is 0 Å². The topological polar surface area (TPSA) is 83.3 Å². The van der Waals surface area contributed by atoms with Crippen molar-refractivity contribution in [3.63, 3.8) is 0 Å². The molecule has 1 atom stereocenters. The number of likely N-dealkylation sites (tertiary alicyclic amines) is 1. The molecule has 2 aliphatic heterocycles. The minimum atomic E-state index is -0.105. The molecule has 2 saturated heterocycles. The van der Waals surface area contributed by atoms with Gasteiger partial charge in [0.25, 0.3) is 0 Å². The molecule has 0 unspecified atom stereocenters. The second kappa shape index (κ2) is 5.88. The first-order valence-electron chi connectivity index (χ1n) is 7.24. The van der Waals surface area contributed by atoms with E-state index < -0.39 is 0 Å². The molecule has 20 heavy (non-hydrogen) atoms. The molecule has 3 rings (SSSR count). The van der Waals surface area contributed by atoms with Crippen LogP contribution in [0.1, 0.15) is 43.4 Å². The fourth-order valence-corrected chi connectivity index (χ4v) is 2.73. The SMILES string of the molecule is CN1CCC(NCc2noc([C@@H]3CCC(=O)N3)n2)CC1. The number of nitrogens with one attached hydrogen (secondary N) is 2. The van der Waals surface area contributed by atoms with E-state index in [-0.39, 0.29) is 11.9 Å². The second-order valence-corrected chi connectivity index (χ2v) is 5.67. The second-order valence-electron chi connectivity index (χ2n) is 5.67. The molecule has 7 heteroatoms. The summed E-state index contributed by atoms with van der Waals surface area (Å²) in [5.41, 5.74) is 0. The van der Waals surface area contributed by atoms with E-state index in [2.05, 4.69) is 32.7 Å². The van der Waals surface area contributed by atoms with Gasteiger partial charge in [0, 0.05) is 12.5 Å². The number of nitrogens with zero attached hydrogens (tertiary/aromatic N) is 3. The number of aromatic nitrogens is 2. The van der Waals surface area contributed by atoms with Crippen LogP contribution < -0.4 is 10.6 Å². The van der Waals surface area contributed by atoms with Crippen LogP contribution in [0.25, 0.3) is 0 Å². The maximum Gasteiger partial charge on any atom is 0.249 e. The lowest BCUT2D eigenvalue weighted by Crippen LogP contribution is -2.40. The van der Waals surface area contributed by atoms with Crippen molar-refractivity contribution < 1.29 is 9.32 Å². The Morgan fingerprint density at radius 3 is 2.90 bits per heavy atom. The Hall–Kier alpha value is -1.47. The van der Waals surface area contributed by atoms with Crippen LogP contribution in [0.15, 0.2) is 4.52 Å². The van der Waals surface area contributed by atoms with E-state index >= 15 is 0 Å². The molecular formula is C13H21N5O2. The summed E-state index contributed by atoms with van der Waals surface area (Å²) >= 11 is 0. The summed E-state index contributed by atoms with van der Waals surface area (Å²) < 4.78 is 5.23. The Morgan fingerprint density at radius 2 is 2.20 bits per heavy atom. The van der Waals surface area contributed by atoms with Crippen LogP contribution in [-0.2, 0) is 11.3 Å². The average Bonchev–Trinajstić information content (AvgIpc) is 3.07. The van der Waals surface area contributed by atoms with Gasteiger partial charge < -0.3 is 20.1 Å². The zero-order valence-electron chi connectivity index (χ0n) is 11.8. The van der Waals surface area contributed by atoms with E-state index in [9.17, 15) is 4.79 Å². The normalized spacial score (nSPS) is 25.1. The predicted octanol–water partition coefficient (Wildman–Crippen LogP) is 0.204. The van der Waals surface area contributed by atoms with Crippen molar-refractivity contribution in [2.75, 3.05) is 20.1 Å². The quantitative estimate of drug-likeness (QED) is 0.819. The number of piperidine rings is 1. The molecule has 2 fully saturated rings. The lowest BCUT2D eigenvalue weighted by Gasteiger charge is -2.29. The maximum absolute atomic E-state index is 11.2. The third-order valence-corrected chi connectivity index (χ3v) is 4.04. The van der Waals surface area contributed by atoms with Gasteiger partial charge in [-0.25, -0.2) is 0 Å². The summed E-state index contributed by atoms with van der Waals surface area (Å²) in [5.74, 6) is 1.25. The third kappa shape index (κ3) is 3.16. The Kier molecular flexibility index (Phi) is 3.98. The van der Waals surface area contributed by atoms with Crippen LogP contribution in [-0.4, -0.2) is 47.1 Å². The smallest absolute Gasteiger partial charge is 0.249 e. The van der Waals surface area contributed by atoms with E-state index in [1.54, 1.807) is 0 Å². The van der Waals surface area contributed by atoms with Gasteiger partial charge in [0.1, 0.15) is 6.04 Å². The van der Waals surface area contributed by atoms with E-state index in [1.807, 2.05) is 0 Å². The molecule has 1 aromatic heterocycles. The van der Waals surface area contributed by atoms with E-state index in [0.29, 0.717) is 30.7 Å². The average molecular weight is 279 g/mol. The zero-order valence-corrected chi connectivity index (χ0v) is 11.8. The minimum Gasteiger partial charge on any atom is -0.344 e. The monoisotopic (exact) mass is 279 g/mol. The largest absolute Gasteiger partial charge is 0.344 e. The Labute approximate surface area is 118 Å². The van der Waals surface area contributed by atoms with Crippen molar-refractivity contribution in [1.82, 2.24) is 25.7 Å². The fourth-order valence-electron chi connectivity index (χ4n) is 2.73. The lowest BCUT2D eigenvalue weighted by atomic mass is 10.1. The predicted molar refractivity (Wildman–Crippen MR) is 71.8 cm³/mol. The van der Waals surface area contributed by atoms with Crippen molar-refractivity contribution in [3.05, 3.63) is 11.7 Å². The minimum absolute atomic E-state index is 0.0548. The van der Waals surface area contributed by atoms with Crippen molar-refractivity contribution >= 4 is 5.91 Å². The molecule has 0 spiro atoms. The van der Waals surface area contributed by atoms with Gasteiger partial charge in [-0.1, -0.05) is 5.16 Å². The number of hydrogen-bond acceptors (Lipinski definition) is 6. The highest BCUT2D eigenvalue weighted by molar-refractivity contribution is 5.78. The fraction of sp³-hybridized carbons (Fsp3) is 0.769. The first-order chi connectivity index (χ1) is 9.70. The highest BCUT2D eigenvalue weighted by Gasteiger charge is 2.27. The molecule has 0 aliphatic carbocycles. The highest BCUT2D eigenvalue weighted by atomic mass is 16.5. The number of rotatable bonds is 4. The van der Waals surface area contributed by atoms with Crippen molar-refractivity contribution in [2.45, 2.75) is 44.3 Å². The van der Waals surface area contributed by atoms with E-state index in [4.69, 9.17) is 4.52 Å². The molecule has 2 N–H and O–H groups in total. The number of hydrogen-bond donors (Lipinski definition) is 2. The Morgan fingerprint density at radius 1 is 1.40 bits per heavy atom. The first kappa shape index (κ1) is 13.5. The van der Waals surface area contributed by atoms with Gasteiger partial charge in [-0.05, 0) is 39.4 Å². The summed E-state index contributed by atoms with van der Waals surface area (Å²) in [6.45, 7) is 2.88. The molecule has 0 aromatic carbocycles. The van der Waals surface area contributed by atoms with E-state index in [0.717, 1.165) is 32.4 Å². The summed E-state index contributed by atoms with van der Waals surface area (Å²) in [4.78, 5) is 17.9.